The first kappa shape index (κ1) is 16.9. The second-order valence-electron chi connectivity index (χ2n) is 5.70. The Labute approximate surface area is 162 Å². The van der Waals surface area contributed by atoms with Gasteiger partial charge in [-0.05, 0) is 0 Å². The third-order valence-corrected chi connectivity index (χ3v) is 11.2. The van der Waals surface area contributed by atoms with Gasteiger partial charge in [0.1, 0.15) is 0 Å². The van der Waals surface area contributed by atoms with E-state index >= 15 is 0 Å². The standard InChI is InChI=1S/C17H16I3O2/c1-17(2,3)22-16(21)12-7-10-20-15(12)14-11(6-9-19-14)13-5-4-8-18-13/h4-10H,1-3H3/q-3. The number of hydrogen-bond donors (Lipinski definition) is 0. The summed E-state index contributed by atoms with van der Waals surface area (Å²) in [5.74, 6) is -0.160. The number of carbonyl (C=O) groups is 1. The summed E-state index contributed by atoms with van der Waals surface area (Å²) in [6.07, 6.45) is 8.68. The van der Waals surface area contributed by atoms with Crippen LogP contribution in [0.4, 0.5) is 0 Å². The van der Waals surface area contributed by atoms with E-state index in [2.05, 4.69) is 30.5 Å². The molecule has 0 fully saturated rings. The van der Waals surface area contributed by atoms with E-state index in [1.54, 1.807) is 0 Å². The van der Waals surface area contributed by atoms with Crippen molar-refractivity contribution < 1.29 is 73.1 Å². The Hall–Kier alpha value is 0.100. The van der Waals surface area contributed by atoms with E-state index in [9.17, 15) is 4.79 Å². The van der Waals surface area contributed by atoms with E-state index in [-0.39, 0.29) is 69.6 Å². The van der Waals surface area contributed by atoms with Crippen molar-refractivity contribution in [3.8, 4) is 0 Å². The molecule has 0 atom stereocenters. The summed E-state index contributed by atoms with van der Waals surface area (Å²) >= 11 is -0.306. The molecule has 0 bridgehead atoms. The van der Waals surface area contributed by atoms with Crippen LogP contribution in [-0.4, -0.2) is 11.6 Å². The number of carbonyl (C=O) groups excluding carboxylic acids is 1. The van der Waals surface area contributed by atoms with Gasteiger partial charge in [0.05, 0.1) is 0 Å². The Morgan fingerprint density at radius 3 is 2.41 bits per heavy atom. The van der Waals surface area contributed by atoms with Crippen LogP contribution in [0.1, 0.15) is 20.8 Å². The molecule has 2 nitrogen and oxygen atoms in total. The fraction of sp³-hybridized carbons (Fsp3) is 0.235. The van der Waals surface area contributed by atoms with Crippen LogP contribution in [0.3, 0.4) is 0 Å². The number of esters is 1. The Morgan fingerprint density at radius 1 is 1.00 bits per heavy atom. The third kappa shape index (κ3) is 3.77. The summed E-state index contributed by atoms with van der Waals surface area (Å²) in [6, 6.07) is 0. The van der Waals surface area contributed by atoms with Crippen molar-refractivity contribution in [2.24, 2.45) is 0 Å². The van der Waals surface area contributed by atoms with Gasteiger partial charge in [-0.25, -0.2) is 0 Å². The Bertz CT molecular complexity index is 698. The zero-order chi connectivity index (χ0) is 15.7. The first-order chi connectivity index (χ1) is 10.5. The van der Waals surface area contributed by atoms with Crippen molar-refractivity contribution in [1.82, 2.24) is 0 Å². The number of allylic oxidation sites excluding steroid dienone is 7. The average Bonchev–Trinajstić information content (AvgIpc) is 3.17. The maximum atomic E-state index is 12.5. The Balaban J connectivity index is 1.94. The molecule has 0 aromatic rings. The molecule has 3 aliphatic rings. The molecule has 0 N–H and O–H groups in total. The minimum absolute atomic E-state index is 0.00942. The molecule has 0 radical (unpaired) electrons. The minimum atomic E-state index is -0.437. The van der Waals surface area contributed by atoms with Gasteiger partial charge in [-0.1, -0.05) is 0 Å². The zero-order valence-electron chi connectivity index (χ0n) is 12.5. The monoisotopic (exact) mass is 633 g/mol. The normalized spacial score (nSPS) is 21.5. The van der Waals surface area contributed by atoms with Crippen molar-refractivity contribution in [2.45, 2.75) is 26.4 Å². The van der Waals surface area contributed by atoms with Crippen LogP contribution in [0.25, 0.3) is 0 Å². The van der Waals surface area contributed by atoms with E-state index in [0.717, 1.165) is 5.57 Å². The van der Waals surface area contributed by atoms with Crippen molar-refractivity contribution in [3.05, 3.63) is 58.4 Å². The number of rotatable bonds is 3. The SMILES string of the molecule is CC(C)(C)OC(=O)C1=C(C2=C(C3=CC=C[I-]3)C=C[I-]2)[I-]C=C1. The molecule has 120 valence electrons. The van der Waals surface area contributed by atoms with E-state index in [1.807, 2.05) is 26.8 Å². The van der Waals surface area contributed by atoms with Gasteiger partial charge >= 0.3 is 164 Å². The molecular formula is C17H16I3O2-3. The van der Waals surface area contributed by atoms with Crippen molar-refractivity contribution in [3.63, 3.8) is 0 Å². The molecule has 3 aliphatic heterocycles. The molecule has 0 aromatic heterocycles. The quantitative estimate of drug-likeness (QED) is 0.230. The van der Waals surface area contributed by atoms with E-state index in [4.69, 9.17) is 4.74 Å². The van der Waals surface area contributed by atoms with Gasteiger partial charge < -0.3 is 0 Å². The first-order valence-corrected chi connectivity index (χ1v) is 13.8. The van der Waals surface area contributed by atoms with Gasteiger partial charge in [-0.3, -0.25) is 0 Å². The summed E-state index contributed by atoms with van der Waals surface area (Å²) in [7, 11) is 0. The molecule has 22 heavy (non-hydrogen) atoms. The van der Waals surface area contributed by atoms with Crippen LogP contribution < -0.4 is 63.6 Å². The van der Waals surface area contributed by atoms with Crippen LogP contribution in [-0.2, 0) is 9.53 Å². The number of halogens is 3. The summed E-state index contributed by atoms with van der Waals surface area (Å²) in [4.78, 5) is 12.5. The molecular weight excluding hydrogens is 617 g/mol. The molecule has 0 spiro atoms. The van der Waals surface area contributed by atoms with E-state index in [1.165, 1.54) is 16.3 Å². The van der Waals surface area contributed by atoms with E-state index in [0.29, 0.717) is 0 Å². The molecule has 5 heteroatoms. The van der Waals surface area contributed by atoms with Crippen LogP contribution >= 0.6 is 0 Å². The predicted octanol–water partition coefficient (Wildman–Crippen LogP) is -5.43. The van der Waals surface area contributed by atoms with Crippen LogP contribution in [0.15, 0.2) is 58.4 Å². The van der Waals surface area contributed by atoms with Crippen LogP contribution in [0, 0.1) is 0 Å². The predicted molar refractivity (Wildman–Crippen MR) is 75.4 cm³/mol. The van der Waals surface area contributed by atoms with Gasteiger partial charge in [0.2, 0.25) is 0 Å². The molecule has 0 aliphatic carbocycles. The van der Waals surface area contributed by atoms with Crippen molar-refractivity contribution >= 4 is 5.97 Å². The summed E-state index contributed by atoms with van der Waals surface area (Å²) in [5, 5.41) is 0. The molecule has 3 rings (SSSR count). The van der Waals surface area contributed by atoms with Gasteiger partial charge in [0, 0.05) is 0 Å². The summed E-state index contributed by atoms with van der Waals surface area (Å²) in [5.41, 5.74) is 1.78. The fourth-order valence-electron chi connectivity index (χ4n) is 2.00. The van der Waals surface area contributed by atoms with Crippen LogP contribution in [0.5, 0.6) is 0 Å². The second-order valence-corrected chi connectivity index (χ2v) is 13.0. The van der Waals surface area contributed by atoms with Crippen LogP contribution in [0.2, 0.25) is 0 Å². The average molecular weight is 633 g/mol. The first-order valence-electron chi connectivity index (χ1n) is 6.78. The topological polar surface area (TPSA) is 26.3 Å². The van der Waals surface area contributed by atoms with E-state index < -0.39 is 5.60 Å². The second kappa shape index (κ2) is 6.92. The fourth-order valence-corrected chi connectivity index (χ4v) is 10.6. The molecule has 3 heterocycles. The summed E-state index contributed by atoms with van der Waals surface area (Å²) in [6.45, 7) is 5.77. The Kier molecular flexibility index (Phi) is 5.33. The number of hydrogen-bond acceptors (Lipinski definition) is 2. The molecule has 0 saturated heterocycles. The molecule has 0 saturated carbocycles. The zero-order valence-corrected chi connectivity index (χ0v) is 19.0. The maximum absolute atomic E-state index is 12.5. The van der Waals surface area contributed by atoms with Gasteiger partial charge in [0.25, 0.3) is 0 Å². The van der Waals surface area contributed by atoms with Crippen molar-refractivity contribution in [2.75, 3.05) is 0 Å². The van der Waals surface area contributed by atoms with Crippen molar-refractivity contribution in [1.29, 1.82) is 0 Å². The third-order valence-electron chi connectivity index (χ3n) is 2.84. The van der Waals surface area contributed by atoms with Gasteiger partial charge in [-0.2, -0.15) is 0 Å². The van der Waals surface area contributed by atoms with Gasteiger partial charge in [-0.15, -0.1) is 0 Å². The molecule has 0 unspecified atom stereocenters. The molecule has 0 amide bonds. The Morgan fingerprint density at radius 2 is 1.73 bits per heavy atom. The number of ether oxygens (including phenoxy) is 1. The molecule has 0 aromatic carbocycles. The van der Waals surface area contributed by atoms with Gasteiger partial charge in [0.15, 0.2) is 0 Å². The summed E-state index contributed by atoms with van der Waals surface area (Å²) < 4.78 is 16.7.